The summed E-state index contributed by atoms with van der Waals surface area (Å²) in [5.74, 6) is -0.105. The first-order chi connectivity index (χ1) is 15.6. The summed E-state index contributed by atoms with van der Waals surface area (Å²) in [4.78, 5) is 21.1. The zero-order valence-electron chi connectivity index (χ0n) is 18.6. The number of amides is 1. The molecular weight excluding hydrogens is 418 g/mol. The molecule has 4 rings (SSSR count). The third-order valence-corrected chi connectivity index (χ3v) is 6.80. The van der Waals surface area contributed by atoms with Gasteiger partial charge in [0.15, 0.2) is 0 Å². The quantitative estimate of drug-likeness (QED) is 0.573. The molecule has 1 aliphatic rings. The highest BCUT2D eigenvalue weighted by molar-refractivity contribution is 7.99. The lowest BCUT2D eigenvalue weighted by molar-refractivity contribution is 0.0340. The number of carbonyl (C=O) groups excluding carboxylic acids is 1. The standard InChI is InChI=1S/C26H29N3O2S/c1-19-9-10-20(2)24(16-19)32-26-23(8-5-11-27-26)25(30)28-17-21-6-3-4-7-22(21)18-29-12-14-31-15-13-29/h3-11,16H,12-15,17-18H2,1-2H3,(H,28,30). The summed E-state index contributed by atoms with van der Waals surface area (Å²) in [6.45, 7) is 8.95. The number of carbonyl (C=O) groups is 1. The number of aromatic nitrogens is 1. The summed E-state index contributed by atoms with van der Waals surface area (Å²) in [6.07, 6.45) is 1.74. The van der Waals surface area contributed by atoms with E-state index in [1.54, 1.807) is 18.0 Å². The lowest BCUT2D eigenvalue weighted by Crippen LogP contribution is -2.36. The highest BCUT2D eigenvalue weighted by Crippen LogP contribution is 2.31. The molecule has 1 aliphatic heterocycles. The maximum absolute atomic E-state index is 13.1. The number of ether oxygens (including phenoxy) is 1. The van der Waals surface area contributed by atoms with Crippen molar-refractivity contribution >= 4 is 17.7 Å². The van der Waals surface area contributed by atoms with Crippen molar-refractivity contribution in [2.75, 3.05) is 26.3 Å². The van der Waals surface area contributed by atoms with E-state index in [2.05, 4.69) is 65.4 Å². The van der Waals surface area contributed by atoms with Gasteiger partial charge in [-0.1, -0.05) is 48.2 Å². The molecule has 1 saturated heterocycles. The topological polar surface area (TPSA) is 54.5 Å². The second-order valence-electron chi connectivity index (χ2n) is 8.07. The third kappa shape index (κ3) is 5.76. The summed E-state index contributed by atoms with van der Waals surface area (Å²) < 4.78 is 5.46. The van der Waals surface area contributed by atoms with E-state index < -0.39 is 0 Å². The van der Waals surface area contributed by atoms with Crippen LogP contribution in [0, 0.1) is 13.8 Å². The Kier molecular flexibility index (Phi) is 7.58. The number of aryl methyl sites for hydroxylation is 2. The van der Waals surface area contributed by atoms with Crippen molar-refractivity contribution in [1.82, 2.24) is 15.2 Å². The van der Waals surface area contributed by atoms with E-state index in [0.29, 0.717) is 12.1 Å². The summed E-state index contributed by atoms with van der Waals surface area (Å²) in [6, 6.07) is 18.3. The van der Waals surface area contributed by atoms with Gasteiger partial charge in [-0.3, -0.25) is 9.69 Å². The SMILES string of the molecule is Cc1ccc(C)c(Sc2ncccc2C(=O)NCc2ccccc2CN2CCOCC2)c1. The van der Waals surface area contributed by atoms with Crippen LogP contribution >= 0.6 is 11.8 Å². The molecule has 32 heavy (non-hydrogen) atoms. The Balaban J connectivity index is 1.46. The monoisotopic (exact) mass is 447 g/mol. The van der Waals surface area contributed by atoms with Gasteiger partial charge >= 0.3 is 0 Å². The van der Waals surface area contributed by atoms with E-state index in [-0.39, 0.29) is 5.91 Å². The Bertz CT molecular complexity index is 1080. The largest absolute Gasteiger partial charge is 0.379 e. The average molecular weight is 448 g/mol. The lowest BCUT2D eigenvalue weighted by Gasteiger charge is -2.27. The second-order valence-corrected chi connectivity index (χ2v) is 9.10. The molecule has 2 heterocycles. The average Bonchev–Trinajstić information content (AvgIpc) is 2.82. The van der Waals surface area contributed by atoms with Crippen LogP contribution in [0.4, 0.5) is 0 Å². The van der Waals surface area contributed by atoms with E-state index in [4.69, 9.17) is 4.74 Å². The van der Waals surface area contributed by atoms with Crippen LogP contribution in [-0.2, 0) is 17.8 Å². The normalized spacial score (nSPS) is 14.3. The molecule has 0 atom stereocenters. The summed E-state index contributed by atoms with van der Waals surface area (Å²) in [5, 5.41) is 3.83. The molecule has 0 bridgehead atoms. The Morgan fingerprint density at radius 2 is 1.84 bits per heavy atom. The second kappa shape index (κ2) is 10.8. The molecule has 1 N–H and O–H groups in total. The van der Waals surface area contributed by atoms with E-state index >= 15 is 0 Å². The zero-order chi connectivity index (χ0) is 22.3. The number of nitrogens with zero attached hydrogens (tertiary/aromatic N) is 2. The molecule has 3 aromatic rings. The minimum atomic E-state index is -0.105. The molecule has 1 amide bonds. The molecule has 0 unspecified atom stereocenters. The first kappa shape index (κ1) is 22.5. The Morgan fingerprint density at radius 3 is 2.66 bits per heavy atom. The van der Waals surface area contributed by atoms with Crippen molar-refractivity contribution in [2.24, 2.45) is 0 Å². The van der Waals surface area contributed by atoms with Crippen molar-refractivity contribution < 1.29 is 9.53 Å². The van der Waals surface area contributed by atoms with Crippen LogP contribution in [0.3, 0.4) is 0 Å². The first-order valence-electron chi connectivity index (χ1n) is 11.0. The summed E-state index contributed by atoms with van der Waals surface area (Å²) >= 11 is 1.54. The van der Waals surface area contributed by atoms with Crippen LogP contribution in [0.25, 0.3) is 0 Å². The van der Waals surface area contributed by atoms with Gasteiger partial charge in [-0.2, -0.15) is 0 Å². The molecule has 0 aliphatic carbocycles. The van der Waals surface area contributed by atoms with Crippen LogP contribution in [-0.4, -0.2) is 42.1 Å². The van der Waals surface area contributed by atoms with E-state index in [0.717, 1.165) is 48.3 Å². The minimum Gasteiger partial charge on any atom is -0.379 e. The number of nitrogens with one attached hydrogen (secondary N) is 1. The van der Waals surface area contributed by atoms with E-state index in [1.165, 1.54) is 16.7 Å². The Labute approximate surface area is 194 Å². The van der Waals surface area contributed by atoms with Crippen LogP contribution < -0.4 is 5.32 Å². The van der Waals surface area contributed by atoms with E-state index in [9.17, 15) is 4.79 Å². The van der Waals surface area contributed by atoms with Crippen molar-refractivity contribution in [3.63, 3.8) is 0 Å². The molecule has 2 aromatic carbocycles. The van der Waals surface area contributed by atoms with Gasteiger partial charge in [0.05, 0.1) is 18.8 Å². The molecule has 6 heteroatoms. The third-order valence-electron chi connectivity index (χ3n) is 5.62. The zero-order valence-corrected chi connectivity index (χ0v) is 19.5. The molecular formula is C26H29N3O2S. The first-order valence-corrected chi connectivity index (χ1v) is 11.8. The fourth-order valence-electron chi connectivity index (χ4n) is 3.72. The van der Waals surface area contributed by atoms with Gasteiger partial charge in [-0.05, 0) is 54.3 Å². The molecule has 166 valence electrons. The van der Waals surface area contributed by atoms with Gasteiger partial charge < -0.3 is 10.1 Å². The maximum Gasteiger partial charge on any atom is 0.254 e. The molecule has 0 radical (unpaired) electrons. The van der Waals surface area contributed by atoms with Gasteiger partial charge in [0, 0.05) is 37.3 Å². The van der Waals surface area contributed by atoms with Gasteiger partial charge in [0.2, 0.25) is 0 Å². The number of hydrogen-bond acceptors (Lipinski definition) is 5. The highest BCUT2D eigenvalue weighted by atomic mass is 32.2. The number of pyridine rings is 1. The Hall–Kier alpha value is -2.67. The fourth-order valence-corrected chi connectivity index (χ4v) is 4.79. The van der Waals surface area contributed by atoms with Gasteiger partial charge in [-0.15, -0.1) is 0 Å². The molecule has 1 fully saturated rings. The number of morpholine rings is 1. The summed E-state index contributed by atoms with van der Waals surface area (Å²) in [5.41, 5.74) is 5.35. The van der Waals surface area contributed by atoms with Gasteiger partial charge in [0.25, 0.3) is 5.91 Å². The molecule has 0 spiro atoms. The van der Waals surface area contributed by atoms with Crippen molar-refractivity contribution in [2.45, 2.75) is 36.9 Å². The Morgan fingerprint density at radius 1 is 1.06 bits per heavy atom. The number of hydrogen-bond donors (Lipinski definition) is 1. The molecule has 5 nitrogen and oxygen atoms in total. The van der Waals surface area contributed by atoms with Crippen molar-refractivity contribution in [3.8, 4) is 0 Å². The number of benzene rings is 2. The predicted molar refractivity (Wildman–Crippen MR) is 128 cm³/mol. The van der Waals surface area contributed by atoms with Crippen LogP contribution in [0.15, 0.2) is 70.7 Å². The summed E-state index contributed by atoms with van der Waals surface area (Å²) in [7, 11) is 0. The van der Waals surface area contributed by atoms with Gasteiger partial charge in [-0.25, -0.2) is 4.98 Å². The van der Waals surface area contributed by atoms with Crippen LogP contribution in [0.5, 0.6) is 0 Å². The van der Waals surface area contributed by atoms with Crippen LogP contribution in [0.1, 0.15) is 32.6 Å². The fraction of sp³-hybridized carbons (Fsp3) is 0.308. The molecule has 1 aromatic heterocycles. The smallest absolute Gasteiger partial charge is 0.254 e. The van der Waals surface area contributed by atoms with E-state index in [1.807, 2.05) is 18.2 Å². The van der Waals surface area contributed by atoms with Gasteiger partial charge in [0.1, 0.15) is 5.03 Å². The maximum atomic E-state index is 13.1. The molecule has 0 saturated carbocycles. The lowest BCUT2D eigenvalue weighted by atomic mass is 10.1. The predicted octanol–water partition coefficient (Wildman–Crippen LogP) is 4.61. The highest BCUT2D eigenvalue weighted by Gasteiger charge is 2.16. The van der Waals surface area contributed by atoms with Crippen molar-refractivity contribution in [1.29, 1.82) is 0 Å². The minimum absolute atomic E-state index is 0.105. The van der Waals surface area contributed by atoms with Crippen LogP contribution in [0.2, 0.25) is 0 Å². The number of rotatable bonds is 7. The van der Waals surface area contributed by atoms with Crippen molar-refractivity contribution in [3.05, 3.63) is 88.6 Å².